The Kier molecular flexibility index (Phi) is 10.5. The summed E-state index contributed by atoms with van der Waals surface area (Å²) in [6.45, 7) is 3.92. The normalized spacial score (nSPS) is 24.3. The van der Waals surface area contributed by atoms with Gasteiger partial charge in [0.1, 0.15) is 17.6 Å². The molecule has 16 heteroatoms. The van der Waals surface area contributed by atoms with Gasteiger partial charge in [0.2, 0.25) is 11.8 Å². The molecule has 2 aromatic carbocycles. The van der Waals surface area contributed by atoms with E-state index in [1.54, 1.807) is 17.0 Å². The fraction of sp³-hybridized carbons (Fsp3) is 0.488. The number of likely N-dealkylation sites (tertiary alicyclic amines) is 1. The van der Waals surface area contributed by atoms with Crippen LogP contribution in [-0.2, 0) is 16.0 Å². The third-order valence-corrected chi connectivity index (χ3v) is 12.4. The second kappa shape index (κ2) is 15.5. The van der Waals surface area contributed by atoms with Gasteiger partial charge in [-0.1, -0.05) is 24.3 Å². The second-order valence-corrected chi connectivity index (χ2v) is 16.0. The van der Waals surface area contributed by atoms with Gasteiger partial charge in [-0.3, -0.25) is 34.2 Å². The Morgan fingerprint density at radius 1 is 0.912 bits per heavy atom. The fourth-order valence-corrected chi connectivity index (χ4v) is 9.06. The van der Waals surface area contributed by atoms with Crippen LogP contribution >= 0.6 is 0 Å². The Bertz CT molecular complexity index is 2090. The lowest BCUT2D eigenvalue weighted by atomic mass is 9.88. The van der Waals surface area contributed by atoms with Gasteiger partial charge in [-0.05, 0) is 79.9 Å². The van der Waals surface area contributed by atoms with E-state index in [2.05, 4.69) is 37.2 Å². The number of alkyl halides is 2. The van der Waals surface area contributed by atoms with Gasteiger partial charge >= 0.3 is 0 Å². The number of carbonyl (C=O) groups excluding carboxylic acids is 5. The maximum atomic E-state index is 14.2. The van der Waals surface area contributed by atoms with E-state index in [0.29, 0.717) is 35.3 Å². The molecule has 0 saturated carbocycles. The van der Waals surface area contributed by atoms with Gasteiger partial charge in [-0.15, -0.1) is 0 Å². The molecule has 0 aliphatic carbocycles. The average molecular weight is 785 g/mol. The van der Waals surface area contributed by atoms with Crippen molar-refractivity contribution in [2.75, 3.05) is 62.2 Å². The minimum atomic E-state index is -2.96. The molecule has 5 aliphatic heterocycles. The Morgan fingerprint density at radius 3 is 2.39 bits per heavy atom. The first-order valence-corrected chi connectivity index (χ1v) is 19.7. The number of carbonyl (C=O) groups is 5. The average Bonchev–Trinajstić information content (AvgIpc) is 3.76. The molecule has 4 saturated heterocycles. The molecule has 0 spiro atoms. The third kappa shape index (κ3) is 7.72. The van der Waals surface area contributed by atoms with Crippen molar-refractivity contribution in [2.45, 2.75) is 62.8 Å². The van der Waals surface area contributed by atoms with Crippen molar-refractivity contribution in [1.29, 1.82) is 0 Å². The number of imide groups is 2. The van der Waals surface area contributed by atoms with Gasteiger partial charge in [0.05, 0.1) is 35.5 Å². The van der Waals surface area contributed by atoms with E-state index < -0.39 is 60.4 Å². The van der Waals surface area contributed by atoms with Crippen LogP contribution in [-0.4, -0.2) is 119 Å². The van der Waals surface area contributed by atoms with Crippen LogP contribution in [0.2, 0.25) is 0 Å². The molecule has 14 nitrogen and oxygen atoms in total. The van der Waals surface area contributed by atoms with Crippen molar-refractivity contribution in [3.8, 4) is 0 Å². The Labute approximate surface area is 328 Å². The van der Waals surface area contributed by atoms with Crippen LogP contribution in [0.4, 0.5) is 20.3 Å². The number of aliphatic hydroxyl groups excluding tert-OH is 1. The number of rotatable bonds is 10. The molecule has 6 heterocycles. The van der Waals surface area contributed by atoms with E-state index >= 15 is 0 Å². The number of anilines is 2. The Balaban J connectivity index is 0.836. The summed E-state index contributed by atoms with van der Waals surface area (Å²) in [4.78, 5) is 79.1. The van der Waals surface area contributed by atoms with Crippen LogP contribution in [0.5, 0.6) is 0 Å². The van der Waals surface area contributed by atoms with Gasteiger partial charge in [-0.2, -0.15) is 0 Å². The molecule has 0 bridgehead atoms. The summed E-state index contributed by atoms with van der Waals surface area (Å²) in [6, 6.07) is 12.6. The largest absolute Gasteiger partial charge is 0.396 e. The number of aromatic nitrogens is 2. The number of fused-ring (bicyclic) bond motifs is 1. The van der Waals surface area contributed by atoms with Gasteiger partial charge in [0.15, 0.2) is 0 Å². The monoisotopic (exact) mass is 784 g/mol. The molecule has 3 aromatic rings. The van der Waals surface area contributed by atoms with E-state index in [4.69, 9.17) is 5.73 Å². The van der Waals surface area contributed by atoms with Crippen molar-refractivity contribution in [3.05, 3.63) is 82.3 Å². The number of piperidine rings is 3. The van der Waals surface area contributed by atoms with Crippen LogP contribution < -0.4 is 20.9 Å². The molecule has 5 aliphatic rings. The van der Waals surface area contributed by atoms with Crippen LogP contribution in [0.25, 0.3) is 0 Å². The van der Waals surface area contributed by atoms with E-state index in [0.717, 1.165) is 68.1 Å². The number of nitrogens with two attached hydrogens (primary N) is 1. The van der Waals surface area contributed by atoms with Crippen molar-refractivity contribution < 1.29 is 37.9 Å². The summed E-state index contributed by atoms with van der Waals surface area (Å²) >= 11 is 0. The molecule has 300 valence electrons. The maximum Gasteiger partial charge on any atom is 0.269 e. The Hall–Kier alpha value is -5.35. The minimum absolute atomic E-state index is 0.0406. The second-order valence-electron chi connectivity index (χ2n) is 16.0. The van der Waals surface area contributed by atoms with Crippen molar-refractivity contribution in [3.63, 3.8) is 0 Å². The summed E-state index contributed by atoms with van der Waals surface area (Å²) in [5, 5.41) is 11.8. The zero-order valence-corrected chi connectivity index (χ0v) is 31.5. The molecule has 8 rings (SSSR count). The summed E-state index contributed by atoms with van der Waals surface area (Å²) in [5.41, 5.74) is 9.64. The molecule has 57 heavy (non-hydrogen) atoms. The quantitative estimate of drug-likeness (QED) is 0.257. The number of primary amides is 1. The first-order valence-electron chi connectivity index (χ1n) is 19.7. The molecule has 2 unspecified atom stereocenters. The Morgan fingerprint density at radius 2 is 1.67 bits per heavy atom. The highest BCUT2D eigenvalue weighted by atomic mass is 19.3. The standard InChI is InChI=1S/C41H46F2N8O6/c42-41(43)12-16-50(22-28(41)23-52)34-19-45-36(37(44)54)32(46-34)17-24-1-3-26(4-2-24)27-10-13-48(14-11-27)20-25-9-15-49(21-25)29-5-6-30-31(18-29)40(57)51(39(30)56)33-7-8-35(53)47-38(33)55/h1-6,18-19,25,27-28,33,52H,7-17,20-23H2,(H2,44,54)(H,47,53,55)/t25-,28?,33?/m1/s1. The van der Waals surface area contributed by atoms with Crippen molar-refractivity contribution in [1.82, 2.24) is 25.1 Å². The number of amides is 5. The van der Waals surface area contributed by atoms with E-state index in [9.17, 15) is 37.9 Å². The van der Waals surface area contributed by atoms with E-state index in [1.807, 2.05) is 18.2 Å². The van der Waals surface area contributed by atoms with Crippen molar-refractivity contribution in [2.24, 2.45) is 17.6 Å². The molecule has 0 radical (unpaired) electrons. The number of hydrogen-bond donors (Lipinski definition) is 3. The van der Waals surface area contributed by atoms with Gasteiger partial charge in [0.25, 0.3) is 23.6 Å². The summed E-state index contributed by atoms with van der Waals surface area (Å²) < 4.78 is 28.4. The van der Waals surface area contributed by atoms with E-state index in [-0.39, 0.29) is 37.2 Å². The number of aliphatic hydroxyl groups is 1. The van der Waals surface area contributed by atoms with Gasteiger partial charge in [0, 0.05) is 57.7 Å². The zero-order chi connectivity index (χ0) is 40.0. The molecule has 3 atom stereocenters. The predicted octanol–water partition coefficient (Wildman–Crippen LogP) is 2.73. The molecule has 5 amide bonds. The summed E-state index contributed by atoms with van der Waals surface area (Å²) in [5.74, 6) is -5.69. The van der Waals surface area contributed by atoms with Crippen LogP contribution in [0.3, 0.4) is 0 Å². The first kappa shape index (κ1) is 38.5. The smallest absolute Gasteiger partial charge is 0.269 e. The lowest BCUT2D eigenvalue weighted by molar-refractivity contribution is -0.136. The highest BCUT2D eigenvalue weighted by Crippen LogP contribution is 2.36. The molecular formula is C41H46F2N8O6. The number of halogens is 2. The number of nitrogens with zero attached hydrogens (tertiary/aromatic N) is 6. The van der Waals surface area contributed by atoms with Gasteiger partial charge in [-0.25, -0.2) is 18.7 Å². The summed E-state index contributed by atoms with van der Waals surface area (Å²) in [7, 11) is 0. The molecule has 1 aromatic heterocycles. The molecular weight excluding hydrogens is 738 g/mol. The number of nitrogens with one attached hydrogen (secondary N) is 1. The number of benzene rings is 2. The predicted molar refractivity (Wildman–Crippen MR) is 204 cm³/mol. The molecule has 4 fully saturated rings. The van der Waals surface area contributed by atoms with Crippen LogP contribution in [0.1, 0.15) is 92.5 Å². The minimum Gasteiger partial charge on any atom is -0.396 e. The topological polar surface area (TPSA) is 182 Å². The third-order valence-electron chi connectivity index (χ3n) is 12.4. The summed E-state index contributed by atoms with van der Waals surface area (Å²) in [6.07, 6.45) is 4.51. The first-order chi connectivity index (χ1) is 27.4. The van der Waals surface area contributed by atoms with Crippen molar-refractivity contribution >= 4 is 41.0 Å². The van der Waals surface area contributed by atoms with E-state index in [1.165, 1.54) is 11.8 Å². The zero-order valence-electron chi connectivity index (χ0n) is 31.5. The van der Waals surface area contributed by atoms with Crippen LogP contribution in [0, 0.1) is 11.8 Å². The highest BCUT2D eigenvalue weighted by molar-refractivity contribution is 6.23. The fourth-order valence-electron chi connectivity index (χ4n) is 9.06. The van der Waals surface area contributed by atoms with Crippen LogP contribution in [0.15, 0.2) is 48.7 Å². The lowest BCUT2D eigenvalue weighted by Gasteiger charge is -2.38. The molecule has 4 N–H and O–H groups in total. The highest BCUT2D eigenvalue weighted by Gasteiger charge is 2.46. The maximum absolute atomic E-state index is 14.2. The van der Waals surface area contributed by atoms with Gasteiger partial charge < -0.3 is 25.5 Å². The SMILES string of the molecule is NC(=O)c1ncc(N2CCC(F)(F)C(CO)C2)nc1Cc1ccc(C2CCN(C[C@H]3CCN(c4ccc5c(c4)C(=O)N(C4CCC(=O)NC4=O)C5=O)C3)CC2)cc1. The lowest BCUT2D eigenvalue weighted by Crippen LogP contribution is -2.54. The number of hydrogen-bond acceptors (Lipinski definition) is 11.